The maximum atomic E-state index is 5.96. The van der Waals surface area contributed by atoms with Gasteiger partial charge in [0.1, 0.15) is 0 Å². The van der Waals surface area contributed by atoms with Gasteiger partial charge in [0, 0.05) is 24.5 Å². The first kappa shape index (κ1) is 11.4. The van der Waals surface area contributed by atoms with E-state index in [1.807, 2.05) is 18.2 Å². The van der Waals surface area contributed by atoms with Crippen molar-refractivity contribution < 1.29 is 4.74 Å². The average molecular weight is 269 g/mol. The van der Waals surface area contributed by atoms with Crippen LogP contribution in [-0.4, -0.2) is 30.8 Å². The molecule has 0 spiro atoms. The molecule has 2 aromatic rings. The second-order valence-corrected chi connectivity index (χ2v) is 5.67. The molecule has 2 heterocycles. The molecule has 3 rings (SSSR count). The minimum absolute atomic E-state index is 0.250. The number of halogens is 1. The Labute approximate surface area is 109 Å². The third kappa shape index (κ3) is 2.60. The molecule has 17 heavy (non-hydrogen) atoms. The van der Waals surface area contributed by atoms with Gasteiger partial charge in [-0.2, -0.15) is 0 Å². The van der Waals surface area contributed by atoms with Crippen LogP contribution in [-0.2, 0) is 11.2 Å². The summed E-state index contributed by atoms with van der Waals surface area (Å²) in [5.41, 5.74) is 1.03. The molecule has 0 bridgehead atoms. The van der Waals surface area contributed by atoms with E-state index >= 15 is 0 Å². The maximum Gasteiger partial charge on any atom is 0.0964 e. The Kier molecular flexibility index (Phi) is 3.29. The van der Waals surface area contributed by atoms with Gasteiger partial charge in [0.15, 0.2) is 0 Å². The summed E-state index contributed by atoms with van der Waals surface area (Å²) in [5, 5.41) is 5.22. The minimum Gasteiger partial charge on any atom is -0.375 e. The molecule has 1 saturated heterocycles. The second kappa shape index (κ2) is 4.90. The number of aromatic nitrogens is 1. The van der Waals surface area contributed by atoms with Gasteiger partial charge in [0.05, 0.1) is 27.9 Å². The van der Waals surface area contributed by atoms with Gasteiger partial charge in [-0.3, -0.25) is 0 Å². The summed E-state index contributed by atoms with van der Waals surface area (Å²) in [6.45, 7) is 2.66. The van der Waals surface area contributed by atoms with Gasteiger partial charge in [-0.25, -0.2) is 4.98 Å². The standard InChI is InChI=1S/C12H13ClN2OS/c13-8-1-2-10-11(5-8)17-12(15-10)6-9-7-14-3-4-16-9/h1-2,5,9,14H,3-4,6-7H2. The van der Waals surface area contributed by atoms with Gasteiger partial charge >= 0.3 is 0 Å². The average Bonchev–Trinajstić information content (AvgIpc) is 2.71. The lowest BCUT2D eigenvalue weighted by Gasteiger charge is -2.22. The summed E-state index contributed by atoms with van der Waals surface area (Å²) in [7, 11) is 0. The largest absolute Gasteiger partial charge is 0.375 e. The summed E-state index contributed by atoms with van der Waals surface area (Å²) in [4.78, 5) is 4.60. The van der Waals surface area contributed by atoms with Crippen LogP contribution in [0.5, 0.6) is 0 Å². The van der Waals surface area contributed by atoms with Crippen LogP contribution in [0.1, 0.15) is 5.01 Å². The zero-order valence-electron chi connectivity index (χ0n) is 9.28. The number of ether oxygens (including phenoxy) is 1. The molecule has 3 nitrogen and oxygen atoms in total. The van der Waals surface area contributed by atoms with Gasteiger partial charge in [0.2, 0.25) is 0 Å². The van der Waals surface area contributed by atoms with Crippen LogP contribution in [0.2, 0.25) is 5.02 Å². The molecule has 0 radical (unpaired) electrons. The number of nitrogens with zero attached hydrogens (tertiary/aromatic N) is 1. The van der Waals surface area contributed by atoms with Crippen LogP contribution in [0.15, 0.2) is 18.2 Å². The lowest BCUT2D eigenvalue weighted by molar-refractivity contribution is 0.0292. The molecule has 5 heteroatoms. The Hall–Kier alpha value is -0.680. The topological polar surface area (TPSA) is 34.2 Å². The first-order valence-electron chi connectivity index (χ1n) is 5.68. The Bertz CT molecular complexity index is 522. The number of thiazole rings is 1. The van der Waals surface area contributed by atoms with Crippen molar-refractivity contribution in [3.05, 3.63) is 28.2 Å². The fraction of sp³-hybridized carbons (Fsp3) is 0.417. The van der Waals surface area contributed by atoms with Gasteiger partial charge in [-0.05, 0) is 18.2 Å². The molecule has 1 aliphatic rings. The van der Waals surface area contributed by atoms with E-state index in [-0.39, 0.29) is 6.10 Å². The van der Waals surface area contributed by atoms with E-state index in [9.17, 15) is 0 Å². The molecule has 90 valence electrons. The van der Waals surface area contributed by atoms with Crippen molar-refractivity contribution in [1.29, 1.82) is 0 Å². The number of nitrogens with one attached hydrogen (secondary N) is 1. The van der Waals surface area contributed by atoms with Gasteiger partial charge in [-0.1, -0.05) is 11.6 Å². The lowest BCUT2D eigenvalue weighted by atomic mass is 10.2. The van der Waals surface area contributed by atoms with E-state index in [2.05, 4.69) is 10.3 Å². The summed E-state index contributed by atoms with van der Waals surface area (Å²) in [6, 6.07) is 5.82. The first-order chi connectivity index (χ1) is 8.31. The first-order valence-corrected chi connectivity index (χ1v) is 6.88. The Morgan fingerprint density at radius 3 is 3.29 bits per heavy atom. The van der Waals surface area contributed by atoms with E-state index in [0.717, 1.165) is 46.4 Å². The van der Waals surface area contributed by atoms with Crippen LogP contribution < -0.4 is 5.32 Å². The predicted octanol–water partition coefficient (Wildman–Crippen LogP) is 2.48. The van der Waals surface area contributed by atoms with Crippen molar-refractivity contribution in [3.8, 4) is 0 Å². The Morgan fingerprint density at radius 2 is 2.47 bits per heavy atom. The third-order valence-electron chi connectivity index (χ3n) is 2.80. The number of hydrogen-bond donors (Lipinski definition) is 1. The SMILES string of the molecule is Clc1ccc2nc(CC3CNCCO3)sc2c1. The van der Waals surface area contributed by atoms with E-state index in [4.69, 9.17) is 16.3 Å². The molecule has 1 atom stereocenters. The minimum atomic E-state index is 0.250. The smallest absolute Gasteiger partial charge is 0.0964 e. The molecule has 0 aliphatic carbocycles. The van der Waals surface area contributed by atoms with Crippen molar-refractivity contribution in [2.24, 2.45) is 0 Å². The van der Waals surface area contributed by atoms with Crippen molar-refractivity contribution >= 4 is 33.2 Å². The van der Waals surface area contributed by atoms with E-state index < -0.39 is 0 Å². The summed E-state index contributed by atoms with van der Waals surface area (Å²) in [5.74, 6) is 0. The van der Waals surface area contributed by atoms with Crippen molar-refractivity contribution in [3.63, 3.8) is 0 Å². The normalized spacial score (nSPS) is 20.9. The summed E-state index contributed by atoms with van der Waals surface area (Å²) >= 11 is 7.67. The number of fused-ring (bicyclic) bond motifs is 1. The highest BCUT2D eigenvalue weighted by Crippen LogP contribution is 2.26. The summed E-state index contributed by atoms with van der Waals surface area (Å²) in [6.07, 6.45) is 1.13. The van der Waals surface area contributed by atoms with E-state index in [0.29, 0.717) is 0 Å². The monoisotopic (exact) mass is 268 g/mol. The van der Waals surface area contributed by atoms with Crippen molar-refractivity contribution in [2.45, 2.75) is 12.5 Å². The maximum absolute atomic E-state index is 5.96. The van der Waals surface area contributed by atoms with Gasteiger partial charge in [0.25, 0.3) is 0 Å². The fourth-order valence-corrected chi connectivity index (χ4v) is 3.29. The van der Waals surface area contributed by atoms with Gasteiger partial charge in [-0.15, -0.1) is 11.3 Å². The predicted molar refractivity (Wildman–Crippen MR) is 70.9 cm³/mol. The third-order valence-corrected chi connectivity index (χ3v) is 4.08. The molecular formula is C12H13ClN2OS. The molecule has 1 N–H and O–H groups in total. The fourth-order valence-electron chi connectivity index (χ4n) is 1.98. The molecule has 0 saturated carbocycles. The van der Waals surface area contributed by atoms with Gasteiger partial charge < -0.3 is 10.1 Å². The van der Waals surface area contributed by atoms with Crippen LogP contribution in [0.4, 0.5) is 0 Å². The van der Waals surface area contributed by atoms with Crippen molar-refractivity contribution in [2.75, 3.05) is 19.7 Å². The highest BCUT2D eigenvalue weighted by Gasteiger charge is 2.16. The van der Waals surface area contributed by atoms with E-state index in [1.54, 1.807) is 11.3 Å². The molecule has 1 aliphatic heterocycles. The number of benzene rings is 1. The highest BCUT2D eigenvalue weighted by atomic mass is 35.5. The molecule has 1 fully saturated rings. The van der Waals surface area contributed by atoms with Crippen LogP contribution >= 0.6 is 22.9 Å². The zero-order chi connectivity index (χ0) is 11.7. The quantitative estimate of drug-likeness (QED) is 0.909. The van der Waals surface area contributed by atoms with E-state index in [1.165, 1.54) is 0 Å². The number of morpholine rings is 1. The van der Waals surface area contributed by atoms with Crippen LogP contribution in [0.3, 0.4) is 0 Å². The number of rotatable bonds is 2. The Morgan fingerprint density at radius 1 is 1.53 bits per heavy atom. The van der Waals surface area contributed by atoms with Crippen LogP contribution in [0.25, 0.3) is 10.2 Å². The number of hydrogen-bond acceptors (Lipinski definition) is 4. The lowest BCUT2D eigenvalue weighted by Crippen LogP contribution is -2.39. The molecule has 1 unspecified atom stereocenters. The molecule has 0 amide bonds. The molecular weight excluding hydrogens is 256 g/mol. The zero-order valence-corrected chi connectivity index (χ0v) is 10.9. The second-order valence-electron chi connectivity index (χ2n) is 4.12. The Balaban J connectivity index is 1.80. The van der Waals surface area contributed by atoms with Crippen LogP contribution in [0, 0.1) is 0 Å². The van der Waals surface area contributed by atoms with Crippen molar-refractivity contribution in [1.82, 2.24) is 10.3 Å². The highest BCUT2D eigenvalue weighted by molar-refractivity contribution is 7.18. The molecule has 1 aromatic carbocycles. The molecule has 1 aromatic heterocycles. The summed E-state index contributed by atoms with van der Waals surface area (Å²) < 4.78 is 6.83.